The van der Waals surface area contributed by atoms with Crippen molar-refractivity contribution in [3.63, 3.8) is 0 Å². The molecule has 1 saturated heterocycles. The normalized spacial score (nSPS) is 16.8. The predicted octanol–water partition coefficient (Wildman–Crippen LogP) is 2.93. The van der Waals surface area contributed by atoms with Crippen LogP contribution < -0.4 is 10.6 Å². The number of nitrogens with one attached hydrogen (secondary N) is 2. The van der Waals surface area contributed by atoms with Crippen molar-refractivity contribution in [2.45, 2.75) is 12.8 Å². The minimum atomic E-state index is -0.498. The number of rotatable bonds is 4. The standard InChI is InChI=1S/C16H17N5O4S/c22-14(19-15-17-7-9-26-15)11-2-1-8-20(10-11)16(23)18-12-3-5-13(6-4-12)21(24)25/h3-7,9,11H,1-2,8,10H2,(H,18,23)(H,17,19,22)/t11-/m1/s1. The van der Waals surface area contributed by atoms with Crippen LogP contribution in [-0.4, -0.2) is 39.8 Å². The summed E-state index contributed by atoms with van der Waals surface area (Å²) in [5, 5.41) is 18.5. The number of piperidine rings is 1. The van der Waals surface area contributed by atoms with Crippen LogP contribution in [0.4, 0.5) is 21.3 Å². The highest BCUT2D eigenvalue weighted by Crippen LogP contribution is 2.21. The van der Waals surface area contributed by atoms with Gasteiger partial charge in [0.15, 0.2) is 5.13 Å². The van der Waals surface area contributed by atoms with E-state index >= 15 is 0 Å². The lowest BCUT2D eigenvalue weighted by molar-refractivity contribution is -0.384. The minimum absolute atomic E-state index is 0.0418. The van der Waals surface area contributed by atoms with Gasteiger partial charge in [-0.3, -0.25) is 14.9 Å². The molecule has 0 bridgehead atoms. The molecular formula is C16H17N5O4S. The number of nitrogens with zero attached hydrogens (tertiary/aromatic N) is 3. The van der Waals surface area contributed by atoms with Crippen molar-refractivity contribution < 1.29 is 14.5 Å². The maximum atomic E-state index is 12.4. The number of anilines is 2. The van der Waals surface area contributed by atoms with Gasteiger partial charge in [-0.2, -0.15) is 0 Å². The van der Waals surface area contributed by atoms with Gasteiger partial charge in [0.2, 0.25) is 5.91 Å². The number of amides is 3. The number of benzene rings is 1. The average Bonchev–Trinajstić information content (AvgIpc) is 3.15. The van der Waals surface area contributed by atoms with Crippen LogP contribution in [0.3, 0.4) is 0 Å². The molecule has 0 radical (unpaired) electrons. The highest BCUT2D eigenvalue weighted by molar-refractivity contribution is 7.13. The summed E-state index contributed by atoms with van der Waals surface area (Å²) in [5.41, 5.74) is 0.426. The van der Waals surface area contributed by atoms with Gasteiger partial charge in [0.1, 0.15) is 0 Å². The Morgan fingerprint density at radius 3 is 2.69 bits per heavy atom. The summed E-state index contributed by atoms with van der Waals surface area (Å²) in [5.74, 6) is -0.442. The molecule has 0 saturated carbocycles. The molecule has 1 aliphatic heterocycles. The number of nitro groups is 1. The quantitative estimate of drug-likeness (QED) is 0.629. The molecule has 2 aromatic rings. The molecular weight excluding hydrogens is 358 g/mol. The Kier molecular flexibility index (Phi) is 5.42. The lowest BCUT2D eigenvalue weighted by Crippen LogP contribution is -2.45. The molecule has 1 atom stereocenters. The molecule has 1 aromatic heterocycles. The van der Waals surface area contributed by atoms with Crippen molar-refractivity contribution in [3.8, 4) is 0 Å². The van der Waals surface area contributed by atoms with Crippen LogP contribution in [0.15, 0.2) is 35.8 Å². The van der Waals surface area contributed by atoms with Crippen LogP contribution in [0, 0.1) is 16.0 Å². The predicted molar refractivity (Wildman–Crippen MR) is 97.2 cm³/mol. The number of likely N-dealkylation sites (tertiary alicyclic amines) is 1. The van der Waals surface area contributed by atoms with Crippen molar-refractivity contribution in [1.82, 2.24) is 9.88 Å². The number of nitro benzene ring substituents is 1. The fourth-order valence-corrected chi connectivity index (χ4v) is 3.27. The molecule has 26 heavy (non-hydrogen) atoms. The third-order valence-corrected chi connectivity index (χ3v) is 4.76. The van der Waals surface area contributed by atoms with Gasteiger partial charge >= 0.3 is 6.03 Å². The summed E-state index contributed by atoms with van der Waals surface area (Å²) in [6.07, 6.45) is 3.05. The minimum Gasteiger partial charge on any atom is -0.324 e. The van der Waals surface area contributed by atoms with E-state index in [-0.39, 0.29) is 23.5 Å². The fraction of sp³-hybridized carbons (Fsp3) is 0.312. The molecule has 136 valence electrons. The Balaban J connectivity index is 1.57. The van der Waals surface area contributed by atoms with Gasteiger partial charge in [0, 0.05) is 42.5 Å². The van der Waals surface area contributed by atoms with Crippen LogP contribution in [-0.2, 0) is 4.79 Å². The van der Waals surface area contributed by atoms with Crippen LogP contribution >= 0.6 is 11.3 Å². The molecule has 0 unspecified atom stereocenters. The smallest absolute Gasteiger partial charge is 0.321 e. The van der Waals surface area contributed by atoms with Crippen molar-refractivity contribution in [1.29, 1.82) is 0 Å². The van der Waals surface area contributed by atoms with E-state index in [9.17, 15) is 19.7 Å². The third-order valence-electron chi connectivity index (χ3n) is 4.07. The molecule has 10 heteroatoms. The zero-order valence-electron chi connectivity index (χ0n) is 13.8. The largest absolute Gasteiger partial charge is 0.324 e. The highest BCUT2D eigenvalue weighted by atomic mass is 32.1. The van der Waals surface area contributed by atoms with Gasteiger partial charge in [-0.1, -0.05) is 0 Å². The van der Waals surface area contributed by atoms with E-state index in [1.807, 2.05) is 0 Å². The van der Waals surface area contributed by atoms with Gasteiger partial charge < -0.3 is 15.5 Å². The van der Waals surface area contributed by atoms with Gasteiger partial charge in [-0.25, -0.2) is 9.78 Å². The summed E-state index contributed by atoms with van der Waals surface area (Å²) in [7, 11) is 0. The Morgan fingerprint density at radius 1 is 1.27 bits per heavy atom. The van der Waals surface area contributed by atoms with Crippen LogP contribution in [0.25, 0.3) is 0 Å². The summed E-state index contributed by atoms with van der Waals surface area (Å²) in [4.78, 5) is 40.5. The molecule has 1 aliphatic rings. The Bertz CT molecular complexity index is 793. The molecule has 3 amide bonds. The maximum absolute atomic E-state index is 12.4. The maximum Gasteiger partial charge on any atom is 0.321 e. The number of urea groups is 1. The summed E-state index contributed by atoms with van der Waals surface area (Å²) < 4.78 is 0. The van der Waals surface area contributed by atoms with E-state index in [0.29, 0.717) is 30.3 Å². The summed E-state index contributed by atoms with van der Waals surface area (Å²) in [6.45, 7) is 0.871. The van der Waals surface area contributed by atoms with E-state index in [0.717, 1.165) is 6.42 Å². The van der Waals surface area contributed by atoms with Crippen LogP contribution in [0.5, 0.6) is 0 Å². The number of carbonyl (C=O) groups excluding carboxylic acids is 2. The Morgan fingerprint density at radius 2 is 2.04 bits per heavy atom. The lowest BCUT2D eigenvalue weighted by atomic mass is 9.97. The number of thiazole rings is 1. The van der Waals surface area contributed by atoms with E-state index in [1.54, 1.807) is 16.5 Å². The monoisotopic (exact) mass is 375 g/mol. The number of non-ortho nitro benzene ring substituents is 1. The van der Waals surface area contributed by atoms with E-state index in [2.05, 4.69) is 15.6 Å². The van der Waals surface area contributed by atoms with E-state index in [1.165, 1.54) is 35.6 Å². The van der Waals surface area contributed by atoms with Crippen LogP contribution in [0.2, 0.25) is 0 Å². The average molecular weight is 375 g/mol. The lowest BCUT2D eigenvalue weighted by Gasteiger charge is -2.31. The first kappa shape index (κ1) is 17.8. The Hall–Kier alpha value is -3.01. The van der Waals surface area contributed by atoms with Gasteiger partial charge in [0.25, 0.3) is 5.69 Å². The van der Waals surface area contributed by atoms with E-state index in [4.69, 9.17) is 0 Å². The SMILES string of the molecule is O=C(Nc1nccs1)[C@@H]1CCCN(C(=O)Nc2ccc([N+](=O)[O-])cc2)C1. The molecule has 0 aliphatic carbocycles. The first-order valence-corrected chi connectivity index (χ1v) is 8.91. The fourth-order valence-electron chi connectivity index (χ4n) is 2.74. The zero-order chi connectivity index (χ0) is 18.5. The Labute approximate surface area is 153 Å². The van der Waals surface area contributed by atoms with Crippen molar-refractivity contribution in [2.24, 2.45) is 5.92 Å². The third kappa shape index (κ3) is 4.33. The second kappa shape index (κ2) is 7.91. The second-order valence-corrected chi connectivity index (χ2v) is 6.74. The molecule has 2 N–H and O–H groups in total. The second-order valence-electron chi connectivity index (χ2n) is 5.85. The van der Waals surface area contributed by atoms with E-state index < -0.39 is 4.92 Å². The molecule has 9 nitrogen and oxygen atoms in total. The van der Waals surface area contributed by atoms with Gasteiger partial charge in [-0.05, 0) is 25.0 Å². The molecule has 3 rings (SSSR count). The number of hydrogen-bond donors (Lipinski definition) is 2. The van der Waals surface area contributed by atoms with Crippen molar-refractivity contribution in [2.75, 3.05) is 23.7 Å². The van der Waals surface area contributed by atoms with Crippen molar-refractivity contribution in [3.05, 3.63) is 46.0 Å². The summed E-state index contributed by atoms with van der Waals surface area (Å²) in [6, 6.07) is 5.29. The first-order chi connectivity index (χ1) is 12.5. The molecule has 2 heterocycles. The zero-order valence-corrected chi connectivity index (χ0v) is 14.6. The molecule has 0 spiro atoms. The number of aromatic nitrogens is 1. The van der Waals surface area contributed by atoms with Crippen molar-refractivity contribution >= 4 is 39.8 Å². The number of carbonyl (C=O) groups is 2. The summed E-state index contributed by atoms with van der Waals surface area (Å²) >= 11 is 1.34. The molecule has 1 aromatic carbocycles. The van der Waals surface area contributed by atoms with Crippen LogP contribution in [0.1, 0.15) is 12.8 Å². The van der Waals surface area contributed by atoms with Gasteiger partial charge in [0.05, 0.1) is 10.8 Å². The number of hydrogen-bond acceptors (Lipinski definition) is 6. The molecule has 1 fully saturated rings. The van der Waals surface area contributed by atoms with Gasteiger partial charge in [-0.15, -0.1) is 11.3 Å². The highest BCUT2D eigenvalue weighted by Gasteiger charge is 2.29. The topological polar surface area (TPSA) is 117 Å². The first-order valence-electron chi connectivity index (χ1n) is 8.03.